The molecule has 8 nitrogen and oxygen atoms in total. The number of esters is 1. The first kappa shape index (κ1) is 22.8. The Morgan fingerprint density at radius 2 is 1.89 bits per heavy atom. The minimum atomic E-state index is -0.754. The number of rotatable bonds is 4. The van der Waals surface area contributed by atoms with E-state index in [1.165, 1.54) is 5.57 Å². The van der Waals surface area contributed by atoms with E-state index in [2.05, 4.69) is 35.3 Å². The Kier molecular flexibility index (Phi) is 5.35. The summed E-state index contributed by atoms with van der Waals surface area (Å²) in [6.45, 7) is 4.32. The van der Waals surface area contributed by atoms with Gasteiger partial charge in [0.2, 0.25) is 5.91 Å². The molecule has 1 unspecified atom stereocenters. The first-order valence-corrected chi connectivity index (χ1v) is 12.6. The van der Waals surface area contributed by atoms with E-state index < -0.39 is 11.0 Å². The summed E-state index contributed by atoms with van der Waals surface area (Å²) in [7, 11) is 0. The quantitative estimate of drug-likeness (QED) is 0.612. The molecule has 3 aliphatic heterocycles. The van der Waals surface area contributed by atoms with Crippen LogP contribution in [-0.4, -0.2) is 65.5 Å². The molecule has 1 aromatic heterocycles. The fourth-order valence-electron chi connectivity index (χ4n) is 5.87. The molecule has 1 saturated carbocycles. The van der Waals surface area contributed by atoms with E-state index in [0.29, 0.717) is 44.8 Å². The summed E-state index contributed by atoms with van der Waals surface area (Å²) in [6.07, 6.45) is 8.06. The van der Waals surface area contributed by atoms with E-state index in [0.717, 1.165) is 36.0 Å². The molecule has 1 aliphatic carbocycles. The number of pyridine rings is 1. The zero-order chi connectivity index (χ0) is 24.9. The Balaban J connectivity index is 1.15. The van der Waals surface area contributed by atoms with Crippen molar-refractivity contribution in [2.45, 2.75) is 43.6 Å². The Morgan fingerprint density at radius 1 is 1.08 bits per heavy atom. The number of amides is 2. The SMILES string of the molecule is CCOC(=O)N1CC=C(c2ccc(C3(C(=O)N4CCC5(C4)OC(=O)c4cnccc45)CC3)cc2)CC1. The van der Waals surface area contributed by atoms with Gasteiger partial charge in [0.1, 0.15) is 0 Å². The molecule has 1 spiro atoms. The zero-order valence-corrected chi connectivity index (χ0v) is 20.4. The normalized spacial score (nSPS) is 23.8. The third-order valence-corrected chi connectivity index (χ3v) is 8.04. The van der Waals surface area contributed by atoms with Crippen molar-refractivity contribution in [3.8, 4) is 0 Å². The van der Waals surface area contributed by atoms with Gasteiger partial charge in [-0.1, -0.05) is 30.3 Å². The molecule has 6 rings (SSSR count). The van der Waals surface area contributed by atoms with E-state index >= 15 is 0 Å². The number of carbonyl (C=O) groups excluding carboxylic acids is 3. The molecule has 1 saturated heterocycles. The van der Waals surface area contributed by atoms with Gasteiger partial charge >= 0.3 is 12.1 Å². The molecule has 4 aliphatic rings. The van der Waals surface area contributed by atoms with Crippen LogP contribution in [0.2, 0.25) is 0 Å². The minimum Gasteiger partial charge on any atom is -0.450 e. The number of hydrogen-bond acceptors (Lipinski definition) is 6. The van der Waals surface area contributed by atoms with Crippen LogP contribution in [0.3, 0.4) is 0 Å². The molecule has 186 valence electrons. The standard InChI is InChI=1S/C28H29N3O5/c1-2-35-26(34)30-14-8-20(9-15-30)19-3-5-21(6-4-19)27(10-11-27)25(33)31-16-12-28(18-31)23-7-13-29-17-22(23)24(32)36-28/h3-8,13,17H,2,9-12,14-16,18H2,1H3. The summed E-state index contributed by atoms with van der Waals surface area (Å²) in [5.41, 5.74) is 3.46. The highest BCUT2D eigenvalue weighted by molar-refractivity contribution is 5.95. The minimum absolute atomic E-state index is 0.118. The fraction of sp³-hybridized carbons (Fsp3) is 0.429. The second-order valence-corrected chi connectivity index (χ2v) is 10.1. The topological polar surface area (TPSA) is 89.0 Å². The first-order valence-electron chi connectivity index (χ1n) is 12.6. The van der Waals surface area contributed by atoms with Crippen LogP contribution in [0.15, 0.2) is 48.8 Å². The van der Waals surface area contributed by atoms with E-state index in [1.54, 1.807) is 17.3 Å². The summed E-state index contributed by atoms with van der Waals surface area (Å²) in [6, 6.07) is 10.2. The highest BCUT2D eigenvalue weighted by Crippen LogP contribution is 2.52. The Labute approximate surface area is 209 Å². The van der Waals surface area contributed by atoms with Crippen LogP contribution in [-0.2, 0) is 25.3 Å². The molecule has 8 heteroatoms. The van der Waals surface area contributed by atoms with Crippen molar-refractivity contribution in [3.63, 3.8) is 0 Å². The van der Waals surface area contributed by atoms with Crippen molar-refractivity contribution in [1.29, 1.82) is 0 Å². The van der Waals surface area contributed by atoms with Gasteiger partial charge in [-0.3, -0.25) is 9.78 Å². The van der Waals surface area contributed by atoms with Crippen LogP contribution >= 0.6 is 0 Å². The molecule has 0 N–H and O–H groups in total. The van der Waals surface area contributed by atoms with Crippen molar-refractivity contribution in [2.75, 3.05) is 32.8 Å². The predicted molar refractivity (Wildman–Crippen MR) is 131 cm³/mol. The zero-order valence-electron chi connectivity index (χ0n) is 20.4. The largest absolute Gasteiger partial charge is 0.450 e. The van der Waals surface area contributed by atoms with E-state index in [4.69, 9.17) is 9.47 Å². The van der Waals surface area contributed by atoms with Gasteiger partial charge in [0.25, 0.3) is 0 Å². The van der Waals surface area contributed by atoms with Crippen LogP contribution in [0.25, 0.3) is 5.57 Å². The molecule has 36 heavy (non-hydrogen) atoms. The molecular formula is C28H29N3O5. The molecule has 2 amide bonds. The molecule has 0 bridgehead atoms. The van der Waals surface area contributed by atoms with E-state index in [-0.39, 0.29) is 18.0 Å². The third kappa shape index (κ3) is 3.58. The van der Waals surface area contributed by atoms with E-state index in [9.17, 15) is 14.4 Å². The van der Waals surface area contributed by atoms with Gasteiger partial charge in [0.15, 0.2) is 5.60 Å². The molecule has 1 aromatic carbocycles. The lowest BCUT2D eigenvalue weighted by Crippen LogP contribution is -2.40. The Hall–Kier alpha value is -3.68. The van der Waals surface area contributed by atoms with Gasteiger partial charge in [-0.15, -0.1) is 0 Å². The summed E-state index contributed by atoms with van der Waals surface area (Å²) in [4.78, 5) is 45.7. The van der Waals surface area contributed by atoms with Crippen molar-refractivity contribution < 1.29 is 23.9 Å². The monoisotopic (exact) mass is 487 g/mol. The summed E-state index contributed by atoms with van der Waals surface area (Å²) in [5, 5.41) is 0. The average Bonchev–Trinajstić information content (AvgIpc) is 3.54. The molecule has 2 aromatic rings. The number of hydrogen-bond donors (Lipinski definition) is 0. The maximum Gasteiger partial charge on any atom is 0.410 e. The van der Waals surface area contributed by atoms with Crippen LogP contribution in [0.5, 0.6) is 0 Å². The van der Waals surface area contributed by atoms with Gasteiger partial charge in [-0.2, -0.15) is 0 Å². The predicted octanol–water partition coefficient (Wildman–Crippen LogP) is 3.66. The summed E-state index contributed by atoms with van der Waals surface area (Å²) in [5.74, 6) is -0.237. The number of carbonyl (C=O) groups is 3. The van der Waals surface area contributed by atoms with Crippen LogP contribution in [0.4, 0.5) is 4.79 Å². The van der Waals surface area contributed by atoms with E-state index in [1.807, 2.05) is 17.9 Å². The van der Waals surface area contributed by atoms with Crippen LogP contribution in [0, 0.1) is 0 Å². The molecule has 0 radical (unpaired) electrons. The molecule has 1 atom stereocenters. The third-order valence-electron chi connectivity index (χ3n) is 8.04. The smallest absolute Gasteiger partial charge is 0.410 e. The Morgan fingerprint density at radius 3 is 2.58 bits per heavy atom. The first-order chi connectivity index (χ1) is 17.5. The lowest BCUT2D eigenvalue weighted by atomic mass is 9.91. The summed E-state index contributed by atoms with van der Waals surface area (Å²) < 4.78 is 10.9. The number of fused-ring (bicyclic) bond motifs is 2. The molecule has 4 heterocycles. The van der Waals surface area contributed by atoms with Crippen LogP contribution in [0.1, 0.15) is 59.7 Å². The van der Waals surface area contributed by atoms with Gasteiger partial charge in [-0.05, 0) is 49.0 Å². The van der Waals surface area contributed by atoms with Crippen molar-refractivity contribution in [1.82, 2.24) is 14.8 Å². The Bertz CT molecular complexity index is 1270. The number of likely N-dealkylation sites (tertiary alicyclic amines) is 1. The molecular weight excluding hydrogens is 458 g/mol. The van der Waals surface area contributed by atoms with Crippen molar-refractivity contribution in [3.05, 3.63) is 71.1 Å². The second-order valence-electron chi connectivity index (χ2n) is 10.1. The fourth-order valence-corrected chi connectivity index (χ4v) is 5.87. The summed E-state index contributed by atoms with van der Waals surface area (Å²) >= 11 is 0. The van der Waals surface area contributed by atoms with Crippen molar-refractivity contribution >= 4 is 23.5 Å². The average molecular weight is 488 g/mol. The number of benzene rings is 1. The van der Waals surface area contributed by atoms with Gasteiger partial charge in [-0.25, -0.2) is 9.59 Å². The number of ether oxygens (including phenoxy) is 2. The van der Waals surface area contributed by atoms with Gasteiger partial charge in [0, 0.05) is 44.0 Å². The van der Waals surface area contributed by atoms with Crippen molar-refractivity contribution in [2.24, 2.45) is 0 Å². The second kappa shape index (κ2) is 8.47. The van der Waals surface area contributed by atoms with Gasteiger partial charge in [0.05, 0.1) is 24.1 Å². The highest BCUT2D eigenvalue weighted by Gasteiger charge is 2.57. The molecule has 2 fully saturated rings. The maximum atomic E-state index is 13.7. The number of nitrogens with zero attached hydrogens (tertiary/aromatic N) is 3. The lowest BCUT2D eigenvalue weighted by Gasteiger charge is -2.27. The maximum absolute atomic E-state index is 13.7. The number of aromatic nitrogens is 1. The lowest BCUT2D eigenvalue weighted by molar-refractivity contribution is -0.134. The van der Waals surface area contributed by atoms with Crippen LogP contribution < -0.4 is 0 Å². The van der Waals surface area contributed by atoms with Gasteiger partial charge < -0.3 is 19.3 Å². The highest BCUT2D eigenvalue weighted by atomic mass is 16.6.